The van der Waals surface area contributed by atoms with Crippen LogP contribution in [0.5, 0.6) is 0 Å². The summed E-state index contributed by atoms with van der Waals surface area (Å²) in [4.78, 5) is 0. The first-order valence-electron chi connectivity index (χ1n) is 7.74. The van der Waals surface area contributed by atoms with Gasteiger partial charge in [-0.2, -0.15) is 0 Å². The normalized spacial score (nSPS) is 12.6. The van der Waals surface area contributed by atoms with Crippen LogP contribution >= 0.6 is 0 Å². The predicted molar refractivity (Wildman–Crippen MR) is 93.4 cm³/mol. The highest BCUT2D eigenvalue weighted by Crippen LogP contribution is 2.38. The molecule has 4 heteroatoms. The summed E-state index contributed by atoms with van der Waals surface area (Å²) in [7, 11) is -1.45. The quantitative estimate of drug-likeness (QED) is 0.467. The van der Waals surface area contributed by atoms with E-state index in [9.17, 15) is 10.0 Å². The molecule has 2 N–H and O–H groups in total. The van der Waals surface area contributed by atoms with Gasteiger partial charge in [0.15, 0.2) is 0 Å². The van der Waals surface area contributed by atoms with Crippen LogP contribution in [0.1, 0.15) is 11.1 Å². The van der Waals surface area contributed by atoms with Gasteiger partial charge in [-0.3, -0.25) is 0 Å². The van der Waals surface area contributed by atoms with Crippen LogP contribution in [0.4, 0.5) is 0 Å². The molecule has 23 heavy (non-hydrogen) atoms. The van der Waals surface area contributed by atoms with Gasteiger partial charge in [-0.1, -0.05) is 48.5 Å². The van der Waals surface area contributed by atoms with Crippen LogP contribution in [0, 0.1) is 0 Å². The van der Waals surface area contributed by atoms with Crippen LogP contribution in [0.3, 0.4) is 0 Å². The first-order valence-corrected chi connectivity index (χ1v) is 7.74. The second kappa shape index (κ2) is 4.48. The molecular formula is C19H14BNO2. The molecule has 0 unspecified atom stereocenters. The number of hydrogen-bond acceptors (Lipinski definition) is 2. The van der Waals surface area contributed by atoms with Gasteiger partial charge in [0.25, 0.3) is 0 Å². The number of aromatic nitrogens is 1. The van der Waals surface area contributed by atoms with Gasteiger partial charge in [-0.15, -0.1) is 0 Å². The van der Waals surface area contributed by atoms with E-state index < -0.39 is 7.12 Å². The van der Waals surface area contributed by atoms with Crippen LogP contribution in [0.2, 0.25) is 0 Å². The molecule has 0 saturated carbocycles. The molecule has 0 fully saturated rings. The van der Waals surface area contributed by atoms with E-state index in [0.717, 1.165) is 22.7 Å². The van der Waals surface area contributed by atoms with Crippen LogP contribution < -0.4 is 5.46 Å². The predicted octanol–water partition coefficient (Wildman–Crippen LogP) is 2.37. The molecular weight excluding hydrogens is 285 g/mol. The lowest BCUT2D eigenvalue weighted by Gasteiger charge is -2.20. The summed E-state index contributed by atoms with van der Waals surface area (Å²) in [6.45, 7) is 0. The van der Waals surface area contributed by atoms with E-state index in [-0.39, 0.29) is 0 Å². The van der Waals surface area contributed by atoms with Crippen molar-refractivity contribution in [1.29, 1.82) is 0 Å². The number of para-hydroxylation sites is 2. The van der Waals surface area contributed by atoms with E-state index in [1.165, 1.54) is 22.3 Å². The van der Waals surface area contributed by atoms with Gasteiger partial charge < -0.3 is 14.6 Å². The van der Waals surface area contributed by atoms with Crippen molar-refractivity contribution in [2.45, 2.75) is 6.42 Å². The Kier molecular flexibility index (Phi) is 2.52. The molecule has 5 rings (SSSR count). The number of benzene rings is 3. The Labute approximate surface area is 133 Å². The minimum Gasteiger partial charge on any atom is -0.423 e. The lowest BCUT2D eigenvalue weighted by molar-refractivity contribution is 0.426. The summed E-state index contributed by atoms with van der Waals surface area (Å²) in [6.07, 6.45) is 0.930. The highest BCUT2D eigenvalue weighted by molar-refractivity contribution is 6.59. The third-order valence-corrected chi connectivity index (χ3v) is 4.81. The SMILES string of the molecule is OB(O)c1ccc2c(c1)c1cccc3c1n2-c1ccccc1C3. The Morgan fingerprint density at radius 3 is 2.52 bits per heavy atom. The molecule has 0 amide bonds. The number of fused-ring (bicyclic) bond motifs is 5. The summed E-state index contributed by atoms with van der Waals surface area (Å²) in [5.74, 6) is 0. The maximum atomic E-state index is 9.49. The van der Waals surface area contributed by atoms with Crippen molar-refractivity contribution in [3.8, 4) is 5.69 Å². The molecule has 3 aromatic carbocycles. The second-order valence-corrected chi connectivity index (χ2v) is 6.10. The van der Waals surface area contributed by atoms with Gasteiger partial charge in [0.2, 0.25) is 0 Å². The smallest absolute Gasteiger partial charge is 0.423 e. The van der Waals surface area contributed by atoms with Crippen molar-refractivity contribution in [1.82, 2.24) is 4.57 Å². The topological polar surface area (TPSA) is 45.4 Å². The molecule has 0 spiro atoms. The average molecular weight is 299 g/mol. The highest BCUT2D eigenvalue weighted by atomic mass is 16.4. The van der Waals surface area contributed by atoms with Gasteiger partial charge >= 0.3 is 7.12 Å². The van der Waals surface area contributed by atoms with Crippen molar-refractivity contribution in [3.05, 3.63) is 71.8 Å². The maximum absolute atomic E-state index is 9.49. The highest BCUT2D eigenvalue weighted by Gasteiger charge is 2.22. The zero-order valence-corrected chi connectivity index (χ0v) is 12.4. The van der Waals surface area contributed by atoms with E-state index in [1.54, 1.807) is 6.07 Å². The molecule has 0 bridgehead atoms. The van der Waals surface area contributed by atoms with Crippen LogP contribution in [0.25, 0.3) is 27.5 Å². The summed E-state index contributed by atoms with van der Waals surface area (Å²) in [6, 6.07) is 20.5. The fraction of sp³-hybridized carbons (Fsp3) is 0.0526. The van der Waals surface area contributed by atoms with Crippen LogP contribution in [-0.2, 0) is 6.42 Å². The summed E-state index contributed by atoms with van der Waals surface area (Å²) in [5, 5.41) is 21.2. The van der Waals surface area contributed by atoms with E-state index in [0.29, 0.717) is 5.46 Å². The first kappa shape index (κ1) is 12.9. The maximum Gasteiger partial charge on any atom is 0.488 e. The minimum absolute atomic E-state index is 0.523. The molecule has 0 saturated heterocycles. The zero-order valence-electron chi connectivity index (χ0n) is 12.4. The Hall–Kier alpha value is -2.56. The summed E-state index contributed by atoms with van der Waals surface area (Å²) >= 11 is 0. The fourth-order valence-electron chi connectivity index (χ4n) is 3.79. The van der Waals surface area contributed by atoms with Crippen LogP contribution in [0.15, 0.2) is 60.7 Å². The number of nitrogens with zero attached hydrogens (tertiary/aromatic N) is 1. The Morgan fingerprint density at radius 2 is 1.65 bits per heavy atom. The fourth-order valence-corrected chi connectivity index (χ4v) is 3.79. The lowest BCUT2D eigenvalue weighted by Crippen LogP contribution is -2.29. The first-order chi connectivity index (χ1) is 11.2. The zero-order chi connectivity index (χ0) is 15.6. The van der Waals surface area contributed by atoms with E-state index >= 15 is 0 Å². The van der Waals surface area contributed by atoms with Crippen molar-refractivity contribution in [2.24, 2.45) is 0 Å². The van der Waals surface area contributed by atoms with Crippen molar-refractivity contribution < 1.29 is 10.0 Å². The van der Waals surface area contributed by atoms with Gasteiger partial charge in [-0.25, -0.2) is 0 Å². The minimum atomic E-state index is -1.45. The lowest BCUT2D eigenvalue weighted by atomic mass is 9.80. The second-order valence-electron chi connectivity index (χ2n) is 6.10. The summed E-state index contributed by atoms with van der Waals surface area (Å²) < 4.78 is 2.30. The molecule has 1 aromatic heterocycles. The molecule has 4 aromatic rings. The molecule has 1 aliphatic heterocycles. The van der Waals surface area contributed by atoms with Gasteiger partial charge in [0.1, 0.15) is 0 Å². The standard InChI is InChI=1S/C19H14BNO2/c22-20(23)14-8-9-18-16(11-14)15-6-3-5-13-10-12-4-1-2-7-17(12)21(18)19(13)15/h1-9,11,22-23H,10H2. The monoisotopic (exact) mass is 299 g/mol. The number of hydrogen-bond donors (Lipinski definition) is 2. The van der Waals surface area contributed by atoms with Crippen LogP contribution in [-0.4, -0.2) is 21.7 Å². The van der Waals surface area contributed by atoms with E-state index in [2.05, 4.69) is 47.0 Å². The third kappa shape index (κ3) is 1.67. The van der Waals surface area contributed by atoms with Gasteiger partial charge in [0, 0.05) is 22.9 Å². The molecule has 0 aliphatic carbocycles. The third-order valence-electron chi connectivity index (χ3n) is 4.81. The molecule has 3 nitrogen and oxygen atoms in total. The number of rotatable bonds is 1. The van der Waals surface area contributed by atoms with E-state index in [4.69, 9.17) is 0 Å². The summed E-state index contributed by atoms with van der Waals surface area (Å²) in [5.41, 5.74) is 6.69. The molecule has 2 heterocycles. The average Bonchev–Trinajstić information content (AvgIpc) is 2.91. The van der Waals surface area contributed by atoms with Crippen molar-refractivity contribution >= 4 is 34.4 Å². The van der Waals surface area contributed by atoms with Crippen molar-refractivity contribution in [2.75, 3.05) is 0 Å². The Morgan fingerprint density at radius 1 is 0.826 bits per heavy atom. The van der Waals surface area contributed by atoms with Crippen molar-refractivity contribution in [3.63, 3.8) is 0 Å². The molecule has 0 radical (unpaired) electrons. The molecule has 1 aliphatic rings. The van der Waals surface area contributed by atoms with Gasteiger partial charge in [-0.05, 0) is 28.7 Å². The Bertz CT molecular complexity index is 1080. The van der Waals surface area contributed by atoms with Gasteiger partial charge in [0.05, 0.1) is 11.0 Å². The molecule has 110 valence electrons. The largest absolute Gasteiger partial charge is 0.488 e. The Balaban J connectivity index is 2.00. The molecule has 0 atom stereocenters. The van der Waals surface area contributed by atoms with E-state index in [1.807, 2.05) is 12.1 Å².